The Balaban J connectivity index is 1.89. The summed E-state index contributed by atoms with van der Waals surface area (Å²) in [7, 11) is 1.57. The fraction of sp³-hybridized carbons (Fsp3) is 0.300. The summed E-state index contributed by atoms with van der Waals surface area (Å²) in [5.41, 5.74) is 3.55. The van der Waals surface area contributed by atoms with Crippen molar-refractivity contribution in [1.29, 1.82) is 0 Å². The summed E-state index contributed by atoms with van der Waals surface area (Å²) in [6.45, 7) is 4.70. The second-order valence-corrected chi connectivity index (χ2v) is 6.74. The molecule has 4 unspecified atom stereocenters. The summed E-state index contributed by atoms with van der Waals surface area (Å²) in [5.74, 6) is -1.07. The fourth-order valence-electron chi connectivity index (χ4n) is 4.48. The van der Waals surface area contributed by atoms with Crippen molar-refractivity contribution in [3.8, 4) is 0 Å². The first-order chi connectivity index (χ1) is 11.7. The molecule has 2 heterocycles. The molecule has 3 aliphatic rings. The van der Waals surface area contributed by atoms with Crippen molar-refractivity contribution in [3.05, 3.63) is 60.2 Å². The number of hydrogen-bond donors (Lipinski definition) is 1. The number of methoxy groups -OCH3 is 1. The summed E-state index contributed by atoms with van der Waals surface area (Å²) >= 11 is 0. The van der Waals surface area contributed by atoms with E-state index in [-0.39, 0.29) is 17.9 Å². The lowest BCUT2D eigenvalue weighted by molar-refractivity contribution is -0.443. The zero-order chi connectivity index (χ0) is 16.5. The number of hydrogen-bond acceptors (Lipinski definition) is 3. The number of aliphatic imine (C=N–C) groups is 1. The van der Waals surface area contributed by atoms with E-state index in [4.69, 9.17) is 4.74 Å². The minimum Gasteiger partial charge on any atom is -0.362 e. The van der Waals surface area contributed by atoms with Crippen LogP contribution in [0.25, 0.3) is 10.8 Å². The largest absolute Gasteiger partial charge is 0.362 e. The van der Waals surface area contributed by atoms with E-state index in [9.17, 15) is 5.11 Å². The molecular weight excluding hydrogens is 300 g/mol. The molecule has 4 atom stereocenters. The molecule has 0 saturated heterocycles. The summed E-state index contributed by atoms with van der Waals surface area (Å²) in [5, 5.41) is 13.4. The van der Waals surface area contributed by atoms with Crippen LogP contribution >= 0.6 is 0 Å². The van der Waals surface area contributed by atoms with E-state index in [1.54, 1.807) is 7.11 Å². The van der Waals surface area contributed by atoms with Crippen molar-refractivity contribution in [3.63, 3.8) is 0 Å². The third-order valence-electron chi connectivity index (χ3n) is 5.68. The van der Waals surface area contributed by atoms with Gasteiger partial charge in [0.05, 0.1) is 11.8 Å². The minimum atomic E-state index is -1.16. The topological polar surface area (TPSA) is 44.8 Å². The first-order valence-electron chi connectivity index (χ1n) is 8.28. The Morgan fingerprint density at radius 1 is 1.33 bits per heavy atom. The molecule has 0 amide bonds. The Morgan fingerprint density at radius 2 is 2.17 bits per heavy atom. The Bertz CT molecular complexity index is 946. The molecule has 0 spiro atoms. The van der Waals surface area contributed by atoms with Crippen molar-refractivity contribution in [2.45, 2.75) is 17.7 Å². The first-order valence-corrected chi connectivity index (χ1v) is 8.28. The lowest BCUT2D eigenvalue weighted by Crippen LogP contribution is -2.39. The SMILES string of the molecule is C=CC1CN=C[N+]2=C1c1c(ccc3ccccc13)C1C2C1(O)OC. The highest BCUT2D eigenvalue weighted by Crippen LogP contribution is 2.58. The van der Waals surface area contributed by atoms with Gasteiger partial charge in [0.1, 0.15) is 12.3 Å². The number of aliphatic hydroxyl groups is 1. The van der Waals surface area contributed by atoms with Gasteiger partial charge in [-0.2, -0.15) is 0 Å². The van der Waals surface area contributed by atoms with Gasteiger partial charge in [-0.3, -0.25) is 0 Å². The highest BCUT2D eigenvalue weighted by Gasteiger charge is 2.74. The molecule has 1 saturated carbocycles. The number of fused-ring (bicyclic) bond motifs is 7. The van der Waals surface area contributed by atoms with Crippen LogP contribution in [0.3, 0.4) is 0 Å². The smallest absolute Gasteiger partial charge is 0.280 e. The van der Waals surface area contributed by atoms with Crippen molar-refractivity contribution in [2.75, 3.05) is 13.7 Å². The normalized spacial score (nSPS) is 33.0. The third-order valence-corrected chi connectivity index (χ3v) is 5.68. The van der Waals surface area contributed by atoms with Crippen molar-refractivity contribution < 1.29 is 14.4 Å². The molecule has 1 N–H and O–H groups in total. The standard InChI is InChI=1S/C20H19N2O2/c1-3-12-10-21-11-22-18(12)16-14-7-5-4-6-13(14)8-9-15(16)17-19(22)20(17,23)24-2/h3-9,11-12,17,19,23H,1,10H2,2H3/q+1. The van der Waals surface area contributed by atoms with Crippen LogP contribution in [0.4, 0.5) is 0 Å². The number of benzene rings is 2. The van der Waals surface area contributed by atoms with Gasteiger partial charge in [-0.05, 0) is 16.3 Å². The predicted molar refractivity (Wildman–Crippen MR) is 93.9 cm³/mol. The van der Waals surface area contributed by atoms with Gasteiger partial charge in [-0.25, -0.2) is 4.58 Å². The lowest BCUT2D eigenvalue weighted by atomic mass is 9.84. The van der Waals surface area contributed by atoms with E-state index in [1.165, 1.54) is 22.0 Å². The molecule has 5 rings (SSSR count). The molecule has 1 aliphatic carbocycles. The molecule has 0 bridgehead atoms. The van der Waals surface area contributed by atoms with Gasteiger partial charge in [0.2, 0.25) is 5.79 Å². The molecule has 120 valence electrons. The van der Waals surface area contributed by atoms with Crippen LogP contribution in [0.5, 0.6) is 0 Å². The molecule has 0 aromatic heterocycles. The summed E-state index contributed by atoms with van der Waals surface area (Å²) in [6.07, 6.45) is 3.81. The van der Waals surface area contributed by atoms with Gasteiger partial charge >= 0.3 is 0 Å². The van der Waals surface area contributed by atoms with E-state index in [1.807, 2.05) is 12.4 Å². The van der Waals surface area contributed by atoms with Crippen LogP contribution in [0.1, 0.15) is 17.0 Å². The molecular formula is C20H19N2O2+. The molecule has 2 aromatic carbocycles. The summed E-state index contributed by atoms with van der Waals surface area (Å²) in [4.78, 5) is 4.49. The summed E-state index contributed by atoms with van der Waals surface area (Å²) < 4.78 is 7.61. The second kappa shape index (κ2) is 4.62. The van der Waals surface area contributed by atoms with Gasteiger partial charge in [0.25, 0.3) is 6.34 Å². The Kier molecular flexibility index (Phi) is 2.71. The number of rotatable bonds is 2. The number of ether oxygens (including phenoxy) is 1. The fourth-order valence-corrected chi connectivity index (χ4v) is 4.48. The van der Waals surface area contributed by atoms with E-state index in [2.05, 4.69) is 52.5 Å². The zero-order valence-corrected chi connectivity index (χ0v) is 13.5. The van der Waals surface area contributed by atoms with Crippen LogP contribution in [0.15, 0.2) is 54.0 Å². The quantitative estimate of drug-likeness (QED) is 0.524. The van der Waals surface area contributed by atoms with Crippen LogP contribution in [-0.2, 0) is 4.74 Å². The Morgan fingerprint density at radius 3 is 2.96 bits per heavy atom. The maximum Gasteiger partial charge on any atom is 0.280 e. The van der Waals surface area contributed by atoms with E-state index in [0.717, 1.165) is 5.56 Å². The van der Waals surface area contributed by atoms with Crippen LogP contribution in [0.2, 0.25) is 0 Å². The lowest BCUT2D eigenvalue weighted by Gasteiger charge is -2.24. The Hall–Kier alpha value is -2.30. The maximum absolute atomic E-state index is 10.9. The Labute approximate surface area is 140 Å². The van der Waals surface area contributed by atoms with Gasteiger partial charge < -0.3 is 9.84 Å². The molecule has 0 radical (unpaired) electrons. The molecule has 24 heavy (non-hydrogen) atoms. The monoisotopic (exact) mass is 319 g/mol. The van der Waals surface area contributed by atoms with Crippen LogP contribution < -0.4 is 0 Å². The zero-order valence-electron chi connectivity index (χ0n) is 13.5. The average molecular weight is 319 g/mol. The van der Waals surface area contributed by atoms with Gasteiger partial charge in [0.15, 0.2) is 6.04 Å². The average Bonchev–Trinajstić information content (AvgIpc) is 3.27. The van der Waals surface area contributed by atoms with Gasteiger partial charge in [0, 0.05) is 12.7 Å². The van der Waals surface area contributed by atoms with E-state index in [0.29, 0.717) is 6.54 Å². The van der Waals surface area contributed by atoms with Crippen LogP contribution in [-0.4, -0.2) is 47.2 Å². The highest BCUT2D eigenvalue weighted by atomic mass is 16.6. The second-order valence-electron chi connectivity index (χ2n) is 6.74. The molecule has 4 heteroatoms. The molecule has 4 nitrogen and oxygen atoms in total. The molecule has 1 fully saturated rings. The highest BCUT2D eigenvalue weighted by molar-refractivity contribution is 6.13. The van der Waals surface area contributed by atoms with E-state index < -0.39 is 5.79 Å². The van der Waals surface area contributed by atoms with Gasteiger partial charge in [-0.15, -0.1) is 6.58 Å². The number of nitrogens with zero attached hydrogens (tertiary/aromatic N) is 2. The van der Waals surface area contributed by atoms with Crippen molar-refractivity contribution in [2.24, 2.45) is 10.9 Å². The first kappa shape index (κ1) is 14.1. The van der Waals surface area contributed by atoms with Crippen LogP contribution in [0, 0.1) is 5.92 Å². The van der Waals surface area contributed by atoms with E-state index >= 15 is 0 Å². The maximum atomic E-state index is 10.9. The van der Waals surface area contributed by atoms with Crippen molar-refractivity contribution in [1.82, 2.24) is 0 Å². The third kappa shape index (κ3) is 1.55. The molecule has 2 aliphatic heterocycles. The molecule has 2 aromatic rings. The minimum absolute atomic E-state index is 0.0547. The summed E-state index contributed by atoms with van der Waals surface area (Å²) in [6, 6.07) is 12.6. The predicted octanol–water partition coefficient (Wildman–Crippen LogP) is 2.30. The van der Waals surface area contributed by atoms with Crippen molar-refractivity contribution >= 4 is 22.8 Å². The van der Waals surface area contributed by atoms with Gasteiger partial charge in [-0.1, -0.05) is 47.5 Å².